The number of fused-ring (bicyclic) bond motifs is 1. The molecule has 0 bridgehead atoms. The van der Waals surface area contributed by atoms with Crippen LogP contribution in [-0.4, -0.2) is 34.2 Å². The molecule has 0 amide bonds. The Kier molecular flexibility index (Phi) is 5.57. The third-order valence-electron chi connectivity index (χ3n) is 3.87. The van der Waals surface area contributed by atoms with E-state index in [2.05, 4.69) is 15.6 Å². The van der Waals surface area contributed by atoms with E-state index in [0.29, 0.717) is 42.8 Å². The molecule has 1 aromatic heterocycles. The van der Waals surface area contributed by atoms with Crippen LogP contribution in [0.1, 0.15) is 12.1 Å². The molecule has 0 atom stereocenters. The summed E-state index contributed by atoms with van der Waals surface area (Å²) in [7, 11) is 0. The minimum absolute atomic E-state index is 0.314. The Morgan fingerprint density at radius 1 is 1.38 bits per heavy atom. The third kappa shape index (κ3) is 4.65. The van der Waals surface area contributed by atoms with Crippen molar-refractivity contribution in [1.82, 2.24) is 14.9 Å². The van der Waals surface area contributed by atoms with Crippen molar-refractivity contribution < 1.29 is 14.4 Å². The van der Waals surface area contributed by atoms with Crippen molar-refractivity contribution in [2.24, 2.45) is 0 Å². The van der Waals surface area contributed by atoms with E-state index in [0.717, 1.165) is 24.9 Å². The Morgan fingerprint density at radius 2 is 2.19 bits per heavy atom. The standard InChI is InChI=1S/C17H21N5O4/c1-13-10-18-12-21(13)6-2-5-19-17(11-22(23)24)20-14-3-4-15-16(9-14)26-8-7-25-15/h3-4,9-12,19-20H,2,5-8H2,1H3. The number of aryl methyl sites for hydroxylation is 2. The predicted molar refractivity (Wildman–Crippen MR) is 95.7 cm³/mol. The zero-order valence-electron chi connectivity index (χ0n) is 14.5. The minimum atomic E-state index is -0.493. The summed E-state index contributed by atoms with van der Waals surface area (Å²) in [6.45, 7) is 4.36. The summed E-state index contributed by atoms with van der Waals surface area (Å²) < 4.78 is 13.0. The first-order chi connectivity index (χ1) is 12.6. The molecule has 0 saturated heterocycles. The number of nitrogens with zero attached hydrogens (tertiary/aromatic N) is 3. The molecular weight excluding hydrogens is 338 g/mol. The van der Waals surface area contributed by atoms with Gasteiger partial charge in [0, 0.05) is 36.7 Å². The molecule has 138 valence electrons. The summed E-state index contributed by atoms with van der Waals surface area (Å²) in [4.78, 5) is 14.5. The first-order valence-electron chi connectivity index (χ1n) is 8.34. The zero-order chi connectivity index (χ0) is 18.4. The van der Waals surface area contributed by atoms with Crippen LogP contribution in [0.25, 0.3) is 0 Å². The van der Waals surface area contributed by atoms with Gasteiger partial charge in [0.15, 0.2) is 17.3 Å². The minimum Gasteiger partial charge on any atom is -0.486 e. The number of ether oxygens (including phenoxy) is 2. The lowest BCUT2D eigenvalue weighted by atomic mass is 10.2. The van der Waals surface area contributed by atoms with E-state index >= 15 is 0 Å². The maximum atomic E-state index is 10.9. The molecule has 1 aliphatic heterocycles. The SMILES string of the molecule is Cc1cncn1CCCNC(=C[N+](=O)[O-])Nc1ccc2c(c1)OCCO2. The summed E-state index contributed by atoms with van der Waals surface area (Å²) in [5, 5.41) is 17.0. The number of hydrogen-bond donors (Lipinski definition) is 2. The normalized spacial score (nSPS) is 13.3. The highest BCUT2D eigenvalue weighted by Gasteiger charge is 2.12. The fourth-order valence-corrected chi connectivity index (χ4v) is 2.60. The summed E-state index contributed by atoms with van der Waals surface area (Å²) in [5.74, 6) is 1.61. The number of imidazole rings is 1. The Labute approximate surface area is 150 Å². The highest BCUT2D eigenvalue weighted by atomic mass is 16.6. The van der Waals surface area contributed by atoms with Crippen molar-refractivity contribution in [2.75, 3.05) is 25.1 Å². The van der Waals surface area contributed by atoms with Crippen molar-refractivity contribution in [2.45, 2.75) is 19.9 Å². The van der Waals surface area contributed by atoms with E-state index in [9.17, 15) is 10.1 Å². The van der Waals surface area contributed by atoms with Gasteiger partial charge < -0.3 is 24.7 Å². The van der Waals surface area contributed by atoms with Crippen LogP contribution in [-0.2, 0) is 6.54 Å². The molecule has 0 radical (unpaired) electrons. The second-order valence-electron chi connectivity index (χ2n) is 5.82. The molecule has 2 aromatic rings. The van der Waals surface area contributed by atoms with Crippen LogP contribution in [0.4, 0.5) is 5.69 Å². The topological polar surface area (TPSA) is 103 Å². The molecule has 2 N–H and O–H groups in total. The van der Waals surface area contributed by atoms with Crippen LogP contribution in [0.2, 0.25) is 0 Å². The van der Waals surface area contributed by atoms with Crippen LogP contribution in [0.15, 0.2) is 42.7 Å². The Bertz CT molecular complexity index is 802. The van der Waals surface area contributed by atoms with Gasteiger partial charge in [-0.3, -0.25) is 10.1 Å². The van der Waals surface area contributed by atoms with Gasteiger partial charge in [0.25, 0.3) is 6.20 Å². The number of benzene rings is 1. The van der Waals surface area contributed by atoms with E-state index in [1.54, 1.807) is 30.7 Å². The van der Waals surface area contributed by atoms with E-state index in [1.807, 2.05) is 11.5 Å². The number of rotatable bonds is 8. The lowest BCUT2D eigenvalue weighted by Crippen LogP contribution is -2.23. The molecule has 2 heterocycles. The fourth-order valence-electron chi connectivity index (χ4n) is 2.60. The lowest BCUT2D eigenvalue weighted by Gasteiger charge is -2.19. The second-order valence-corrected chi connectivity index (χ2v) is 5.82. The number of hydrogen-bond acceptors (Lipinski definition) is 7. The van der Waals surface area contributed by atoms with E-state index < -0.39 is 4.92 Å². The van der Waals surface area contributed by atoms with Gasteiger partial charge in [0.2, 0.25) is 0 Å². The molecule has 0 aliphatic carbocycles. The van der Waals surface area contributed by atoms with Gasteiger partial charge in [-0.05, 0) is 25.5 Å². The summed E-state index contributed by atoms with van der Waals surface area (Å²) in [6, 6.07) is 5.33. The van der Waals surface area contributed by atoms with Gasteiger partial charge >= 0.3 is 0 Å². The molecule has 1 aliphatic rings. The first kappa shape index (κ1) is 17.6. The highest BCUT2D eigenvalue weighted by Crippen LogP contribution is 2.32. The molecule has 3 rings (SSSR count). The second kappa shape index (κ2) is 8.24. The van der Waals surface area contributed by atoms with Gasteiger partial charge in [-0.15, -0.1) is 0 Å². The molecule has 0 spiro atoms. The lowest BCUT2D eigenvalue weighted by molar-refractivity contribution is -0.403. The monoisotopic (exact) mass is 359 g/mol. The third-order valence-corrected chi connectivity index (χ3v) is 3.87. The number of nitrogens with one attached hydrogen (secondary N) is 2. The molecular formula is C17H21N5O4. The van der Waals surface area contributed by atoms with Crippen LogP contribution in [0.5, 0.6) is 11.5 Å². The Balaban J connectivity index is 1.58. The van der Waals surface area contributed by atoms with Gasteiger partial charge in [0.05, 0.1) is 11.3 Å². The van der Waals surface area contributed by atoms with E-state index in [4.69, 9.17) is 9.47 Å². The van der Waals surface area contributed by atoms with E-state index in [1.165, 1.54) is 0 Å². The zero-order valence-corrected chi connectivity index (χ0v) is 14.5. The van der Waals surface area contributed by atoms with Crippen LogP contribution >= 0.6 is 0 Å². The molecule has 26 heavy (non-hydrogen) atoms. The molecule has 9 heteroatoms. The summed E-state index contributed by atoms with van der Waals surface area (Å²) in [5.41, 5.74) is 1.76. The van der Waals surface area contributed by atoms with Crippen molar-refractivity contribution in [3.63, 3.8) is 0 Å². The van der Waals surface area contributed by atoms with Gasteiger partial charge in [-0.1, -0.05) is 0 Å². The number of anilines is 1. The highest BCUT2D eigenvalue weighted by molar-refractivity contribution is 5.57. The van der Waals surface area contributed by atoms with Crippen molar-refractivity contribution in [1.29, 1.82) is 0 Å². The summed E-state index contributed by atoms with van der Waals surface area (Å²) in [6.07, 6.45) is 5.29. The predicted octanol–water partition coefficient (Wildman–Crippen LogP) is 2.13. The average Bonchev–Trinajstić information content (AvgIpc) is 3.03. The smallest absolute Gasteiger partial charge is 0.274 e. The molecule has 1 aromatic carbocycles. The number of aromatic nitrogens is 2. The quantitative estimate of drug-likeness (QED) is 0.423. The largest absolute Gasteiger partial charge is 0.486 e. The average molecular weight is 359 g/mol. The summed E-state index contributed by atoms with van der Waals surface area (Å²) >= 11 is 0. The van der Waals surface area contributed by atoms with Gasteiger partial charge in [-0.25, -0.2) is 4.98 Å². The molecule has 9 nitrogen and oxygen atoms in total. The molecule has 0 fully saturated rings. The molecule has 0 saturated carbocycles. The van der Waals surface area contributed by atoms with Gasteiger partial charge in [0.1, 0.15) is 13.2 Å². The van der Waals surface area contributed by atoms with Crippen LogP contribution in [0.3, 0.4) is 0 Å². The Hall–Kier alpha value is -3.23. The van der Waals surface area contributed by atoms with Crippen molar-refractivity contribution in [3.05, 3.63) is 58.6 Å². The molecule has 0 unspecified atom stereocenters. The van der Waals surface area contributed by atoms with Crippen molar-refractivity contribution in [3.8, 4) is 11.5 Å². The van der Waals surface area contributed by atoms with Gasteiger partial charge in [-0.2, -0.15) is 0 Å². The maximum Gasteiger partial charge on any atom is 0.274 e. The Morgan fingerprint density at radius 3 is 2.92 bits per heavy atom. The van der Waals surface area contributed by atoms with Crippen LogP contribution in [0, 0.1) is 17.0 Å². The maximum absolute atomic E-state index is 10.9. The van der Waals surface area contributed by atoms with Crippen molar-refractivity contribution >= 4 is 5.69 Å². The first-order valence-corrected chi connectivity index (χ1v) is 8.34. The fraction of sp³-hybridized carbons (Fsp3) is 0.353. The number of nitro groups is 1. The van der Waals surface area contributed by atoms with Crippen LogP contribution < -0.4 is 20.1 Å². The van der Waals surface area contributed by atoms with E-state index in [-0.39, 0.29) is 0 Å².